The van der Waals surface area contributed by atoms with Gasteiger partial charge in [0, 0.05) is 30.2 Å². The number of fused-ring (bicyclic) bond motifs is 1. The molecule has 0 radical (unpaired) electrons. The first-order valence-corrected chi connectivity index (χ1v) is 8.90. The Bertz CT molecular complexity index is 1180. The van der Waals surface area contributed by atoms with Crippen molar-refractivity contribution in [3.05, 3.63) is 60.0 Å². The summed E-state index contributed by atoms with van der Waals surface area (Å²) < 4.78 is 1.88. The Morgan fingerprint density at radius 1 is 1.14 bits per heavy atom. The summed E-state index contributed by atoms with van der Waals surface area (Å²) in [5.41, 5.74) is 10.6. The van der Waals surface area contributed by atoms with Gasteiger partial charge in [0.05, 0.1) is 11.4 Å². The molecule has 0 unspecified atom stereocenters. The van der Waals surface area contributed by atoms with Crippen LogP contribution in [0.4, 0.5) is 5.95 Å². The number of aromatic nitrogens is 5. The van der Waals surface area contributed by atoms with Crippen LogP contribution in [0.1, 0.15) is 23.0 Å². The van der Waals surface area contributed by atoms with Gasteiger partial charge in [0.25, 0.3) is 5.91 Å². The predicted molar refractivity (Wildman–Crippen MR) is 107 cm³/mol. The summed E-state index contributed by atoms with van der Waals surface area (Å²) in [4.78, 5) is 29.9. The summed E-state index contributed by atoms with van der Waals surface area (Å²) in [5, 5.41) is 2.80. The second kappa shape index (κ2) is 7.07. The number of nitrogens with one attached hydrogen (secondary N) is 1. The molecule has 0 atom stereocenters. The minimum Gasteiger partial charge on any atom is -0.368 e. The molecule has 4 aromatic heterocycles. The molecule has 0 fully saturated rings. The van der Waals surface area contributed by atoms with Gasteiger partial charge in [0.15, 0.2) is 0 Å². The Labute approximate surface area is 161 Å². The van der Waals surface area contributed by atoms with Gasteiger partial charge in [-0.3, -0.25) is 14.2 Å². The molecule has 0 aliphatic rings. The van der Waals surface area contributed by atoms with Crippen LogP contribution in [0.3, 0.4) is 0 Å². The number of rotatable bonds is 4. The molecule has 0 bridgehead atoms. The van der Waals surface area contributed by atoms with E-state index in [0.29, 0.717) is 29.1 Å². The van der Waals surface area contributed by atoms with Crippen molar-refractivity contribution >= 4 is 17.5 Å². The Morgan fingerprint density at radius 3 is 2.75 bits per heavy atom. The van der Waals surface area contributed by atoms with E-state index < -0.39 is 0 Å². The van der Waals surface area contributed by atoms with E-state index in [9.17, 15) is 4.79 Å². The third kappa shape index (κ3) is 3.16. The van der Waals surface area contributed by atoms with Crippen LogP contribution in [0.2, 0.25) is 0 Å². The lowest BCUT2D eigenvalue weighted by atomic mass is 10.1. The van der Waals surface area contributed by atoms with E-state index in [1.807, 2.05) is 36.4 Å². The molecule has 0 aliphatic carbocycles. The number of imidazole rings is 1. The summed E-state index contributed by atoms with van der Waals surface area (Å²) in [7, 11) is 0. The molecule has 8 heteroatoms. The lowest BCUT2D eigenvalue weighted by Crippen LogP contribution is -2.22. The van der Waals surface area contributed by atoms with Crippen molar-refractivity contribution in [1.82, 2.24) is 29.7 Å². The van der Waals surface area contributed by atoms with Crippen molar-refractivity contribution in [3.63, 3.8) is 0 Å². The van der Waals surface area contributed by atoms with Crippen LogP contribution in [0.5, 0.6) is 0 Å². The van der Waals surface area contributed by atoms with Gasteiger partial charge in [0.2, 0.25) is 5.95 Å². The van der Waals surface area contributed by atoms with Gasteiger partial charge in [-0.15, -0.1) is 0 Å². The summed E-state index contributed by atoms with van der Waals surface area (Å²) >= 11 is 0. The fourth-order valence-corrected chi connectivity index (χ4v) is 3.05. The molecule has 4 rings (SSSR count). The van der Waals surface area contributed by atoms with Crippen molar-refractivity contribution in [2.75, 3.05) is 12.3 Å². The van der Waals surface area contributed by atoms with Crippen LogP contribution in [-0.2, 0) is 0 Å². The van der Waals surface area contributed by atoms with Gasteiger partial charge in [0.1, 0.15) is 17.0 Å². The third-order valence-corrected chi connectivity index (χ3v) is 4.27. The highest BCUT2D eigenvalue weighted by molar-refractivity contribution is 5.95. The number of nitrogens with zero attached hydrogens (tertiary/aromatic N) is 5. The first-order chi connectivity index (χ1) is 13.6. The van der Waals surface area contributed by atoms with Crippen molar-refractivity contribution < 1.29 is 4.79 Å². The second-order valence-corrected chi connectivity index (χ2v) is 6.28. The maximum Gasteiger partial charge on any atom is 0.251 e. The first-order valence-electron chi connectivity index (χ1n) is 8.90. The number of aryl methyl sites for hydroxylation is 1. The quantitative estimate of drug-likeness (QED) is 0.568. The number of amides is 1. The van der Waals surface area contributed by atoms with Crippen molar-refractivity contribution in [2.45, 2.75) is 13.8 Å². The maximum atomic E-state index is 12.2. The Morgan fingerprint density at radius 2 is 2.00 bits per heavy atom. The molecule has 4 heterocycles. The maximum absolute atomic E-state index is 12.2. The topological polar surface area (TPSA) is 111 Å². The molecule has 8 nitrogen and oxygen atoms in total. The number of nitrogen functional groups attached to an aromatic ring is 1. The van der Waals surface area contributed by atoms with Crippen molar-refractivity contribution in [2.24, 2.45) is 0 Å². The summed E-state index contributed by atoms with van der Waals surface area (Å²) in [6.45, 7) is 4.36. The molecular weight excluding hydrogens is 354 g/mol. The molecule has 0 aliphatic heterocycles. The molecule has 140 valence electrons. The highest BCUT2D eigenvalue weighted by atomic mass is 16.1. The van der Waals surface area contributed by atoms with Gasteiger partial charge in [-0.1, -0.05) is 6.07 Å². The zero-order valence-corrected chi connectivity index (χ0v) is 15.5. The molecule has 1 amide bonds. The molecule has 28 heavy (non-hydrogen) atoms. The Hall–Kier alpha value is -3.81. The van der Waals surface area contributed by atoms with Gasteiger partial charge in [-0.2, -0.15) is 0 Å². The summed E-state index contributed by atoms with van der Waals surface area (Å²) in [6.07, 6.45) is 3.41. The number of carbonyl (C=O) groups excluding carboxylic acids is 1. The standard InChI is InChI=1S/C20H19N7O/c1-3-22-19(28)13-8-10-27-16(11-13)26-17(14-6-4-5-12(2)24-14)18(27)15-7-9-23-20(21)25-15/h4-11H,3H2,1-2H3,(H,22,28)(H2,21,23,25). The monoisotopic (exact) mass is 373 g/mol. The van der Waals surface area contributed by atoms with Crippen LogP contribution in [0.15, 0.2) is 48.8 Å². The van der Waals surface area contributed by atoms with Crippen LogP contribution in [-0.4, -0.2) is 36.8 Å². The third-order valence-electron chi connectivity index (χ3n) is 4.27. The SMILES string of the molecule is CCNC(=O)c1ccn2c(-c3ccnc(N)n3)c(-c3cccc(C)n3)nc2c1. The van der Waals surface area contributed by atoms with E-state index in [-0.39, 0.29) is 11.9 Å². The van der Waals surface area contributed by atoms with Crippen molar-refractivity contribution in [3.8, 4) is 22.8 Å². The predicted octanol–water partition coefficient (Wildman–Crippen LogP) is 2.49. The molecule has 0 aromatic carbocycles. The number of anilines is 1. The van der Waals surface area contributed by atoms with Crippen LogP contribution < -0.4 is 11.1 Å². The minimum absolute atomic E-state index is 0.143. The van der Waals surface area contributed by atoms with E-state index in [1.165, 1.54) is 0 Å². The second-order valence-electron chi connectivity index (χ2n) is 6.28. The molecule has 0 spiro atoms. The number of hydrogen-bond donors (Lipinski definition) is 2. The fourth-order valence-electron chi connectivity index (χ4n) is 3.05. The van der Waals surface area contributed by atoms with E-state index in [0.717, 1.165) is 17.1 Å². The zero-order valence-electron chi connectivity index (χ0n) is 15.5. The highest BCUT2D eigenvalue weighted by Crippen LogP contribution is 2.31. The van der Waals surface area contributed by atoms with Crippen LogP contribution in [0.25, 0.3) is 28.4 Å². The Kier molecular flexibility index (Phi) is 4.44. The van der Waals surface area contributed by atoms with E-state index >= 15 is 0 Å². The highest BCUT2D eigenvalue weighted by Gasteiger charge is 2.19. The smallest absolute Gasteiger partial charge is 0.251 e. The normalized spacial score (nSPS) is 10.9. The summed E-state index contributed by atoms with van der Waals surface area (Å²) in [6, 6.07) is 11.0. The number of nitrogens with two attached hydrogens (primary N) is 1. The number of carbonyl (C=O) groups is 1. The van der Waals surface area contributed by atoms with E-state index in [4.69, 9.17) is 10.7 Å². The summed E-state index contributed by atoms with van der Waals surface area (Å²) in [5.74, 6) is 0.0330. The molecule has 4 aromatic rings. The van der Waals surface area contributed by atoms with E-state index in [1.54, 1.807) is 30.6 Å². The van der Waals surface area contributed by atoms with Gasteiger partial charge in [-0.05, 0) is 44.2 Å². The lowest BCUT2D eigenvalue weighted by Gasteiger charge is -2.06. The van der Waals surface area contributed by atoms with Gasteiger partial charge in [-0.25, -0.2) is 15.0 Å². The number of pyridine rings is 2. The number of hydrogen-bond acceptors (Lipinski definition) is 6. The minimum atomic E-state index is -0.143. The average Bonchev–Trinajstić information content (AvgIpc) is 3.07. The molecule has 0 saturated heterocycles. The molecule has 0 saturated carbocycles. The average molecular weight is 373 g/mol. The van der Waals surface area contributed by atoms with E-state index in [2.05, 4.69) is 20.3 Å². The van der Waals surface area contributed by atoms with Crippen molar-refractivity contribution in [1.29, 1.82) is 0 Å². The first kappa shape index (κ1) is 17.6. The fraction of sp³-hybridized carbons (Fsp3) is 0.150. The molecular formula is C20H19N7O. The lowest BCUT2D eigenvalue weighted by molar-refractivity contribution is 0.0956. The Balaban J connectivity index is 1.98. The van der Waals surface area contributed by atoms with Gasteiger partial charge >= 0.3 is 0 Å². The van der Waals surface area contributed by atoms with Crippen LogP contribution in [0, 0.1) is 6.92 Å². The van der Waals surface area contributed by atoms with Crippen LogP contribution >= 0.6 is 0 Å². The van der Waals surface area contributed by atoms with Gasteiger partial charge < -0.3 is 11.1 Å². The molecule has 3 N–H and O–H groups in total. The zero-order chi connectivity index (χ0) is 19.7. The largest absolute Gasteiger partial charge is 0.368 e.